The minimum absolute atomic E-state index is 0.0144. The van der Waals surface area contributed by atoms with Crippen molar-refractivity contribution >= 4 is 17.8 Å². The van der Waals surface area contributed by atoms with E-state index in [0.29, 0.717) is 38.1 Å². The number of benzene rings is 1. The fraction of sp³-hybridized carbons (Fsp3) is 0.667. The molecule has 3 heterocycles. The second kappa shape index (κ2) is 12.5. The Bertz CT molecular complexity index is 862. The molecule has 3 aliphatic rings. The van der Waals surface area contributed by atoms with E-state index in [-0.39, 0.29) is 18.2 Å². The number of carbonyl (C=O) groups is 3. The van der Waals surface area contributed by atoms with Crippen LogP contribution in [0.2, 0.25) is 0 Å². The van der Waals surface area contributed by atoms with Crippen LogP contribution in [0.25, 0.3) is 0 Å². The molecule has 1 N–H and O–H groups in total. The first-order valence-electron chi connectivity index (χ1n) is 13.2. The summed E-state index contributed by atoms with van der Waals surface area (Å²) in [4.78, 5) is 44.7. The zero-order chi connectivity index (χ0) is 24.6. The molecule has 0 unspecified atom stereocenters. The van der Waals surface area contributed by atoms with Crippen molar-refractivity contribution in [3.63, 3.8) is 0 Å². The molecule has 3 aliphatic heterocycles. The van der Waals surface area contributed by atoms with Gasteiger partial charge in [-0.15, -0.1) is 0 Å². The number of hydrogen-bond acceptors (Lipinski definition) is 5. The van der Waals surface area contributed by atoms with E-state index in [4.69, 9.17) is 4.74 Å². The van der Waals surface area contributed by atoms with Crippen LogP contribution in [0.15, 0.2) is 30.3 Å². The Labute approximate surface area is 209 Å². The highest BCUT2D eigenvalue weighted by molar-refractivity contribution is 6.05. The number of piperidine rings is 2. The van der Waals surface area contributed by atoms with E-state index >= 15 is 0 Å². The maximum Gasteiger partial charge on any atom is 0.324 e. The summed E-state index contributed by atoms with van der Waals surface area (Å²) in [5, 5.41) is 2.75. The lowest BCUT2D eigenvalue weighted by Crippen LogP contribution is -2.52. The zero-order valence-corrected chi connectivity index (χ0v) is 21.0. The maximum absolute atomic E-state index is 13.4. The number of nitrogens with one attached hydrogen (secondary N) is 1. The van der Waals surface area contributed by atoms with Crippen molar-refractivity contribution in [1.82, 2.24) is 20.0 Å². The van der Waals surface area contributed by atoms with Crippen LogP contribution >= 0.6 is 0 Å². The van der Waals surface area contributed by atoms with Gasteiger partial charge in [-0.1, -0.05) is 36.8 Å². The Morgan fingerprint density at radius 2 is 1.91 bits per heavy atom. The van der Waals surface area contributed by atoms with Crippen LogP contribution in [-0.4, -0.2) is 91.1 Å². The van der Waals surface area contributed by atoms with Gasteiger partial charge in [0, 0.05) is 39.4 Å². The standard InChI is InChI=1S/C27H40N4O4/c1-35-18-8-16-30(20-22-11-7-15-29-14-6-5-12-24(22)29)25(32)19-23-26(33)31(27(34)28-23)17-13-21-9-3-2-4-10-21/h2-4,9-10,22-24H,5-8,11-20H2,1H3,(H,28,34)/t22-,23-,24-/m0/s1. The molecule has 4 amide bonds. The number of imide groups is 1. The van der Waals surface area contributed by atoms with Crippen molar-refractivity contribution < 1.29 is 19.1 Å². The molecule has 3 atom stereocenters. The number of fused-ring (bicyclic) bond motifs is 1. The summed E-state index contributed by atoms with van der Waals surface area (Å²) in [6.07, 6.45) is 7.43. The van der Waals surface area contributed by atoms with Gasteiger partial charge < -0.3 is 19.9 Å². The predicted molar refractivity (Wildman–Crippen MR) is 134 cm³/mol. The average Bonchev–Trinajstić information content (AvgIpc) is 3.14. The van der Waals surface area contributed by atoms with Crippen LogP contribution in [0.3, 0.4) is 0 Å². The number of carbonyl (C=O) groups excluding carboxylic acids is 3. The van der Waals surface area contributed by atoms with Gasteiger partial charge in [0.05, 0.1) is 6.42 Å². The van der Waals surface area contributed by atoms with E-state index < -0.39 is 12.1 Å². The SMILES string of the molecule is COCCCN(C[C@@H]1CCCN2CCCC[C@@H]12)C(=O)C[C@@H]1NC(=O)N(CCc2ccccc2)C1=O. The van der Waals surface area contributed by atoms with Gasteiger partial charge >= 0.3 is 6.03 Å². The van der Waals surface area contributed by atoms with Crippen LogP contribution in [0.5, 0.6) is 0 Å². The molecule has 8 heteroatoms. The maximum atomic E-state index is 13.4. The lowest BCUT2D eigenvalue weighted by atomic mass is 9.83. The molecule has 0 spiro atoms. The topological polar surface area (TPSA) is 82.2 Å². The van der Waals surface area contributed by atoms with Crippen LogP contribution in [0, 0.1) is 5.92 Å². The number of methoxy groups -OCH3 is 1. The summed E-state index contributed by atoms with van der Waals surface area (Å²) in [7, 11) is 1.67. The molecule has 3 saturated heterocycles. The number of hydrogen-bond donors (Lipinski definition) is 1. The molecule has 192 valence electrons. The van der Waals surface area contributed by atoms with E-state index in [2.05, 4.69) is 10.2 Å². The van der Waals surface area contributed by atoms with Crippen LogP contribution in [-0.2, 0) is 20.7 Å². The molecule has 1 aromatic carbocycles. The largest absolute Gasteiger partial charge is 0.385 e. The second-order valence-corrected chi connectivity index (χ2v) is 10.1. The lowest BCUT2D eigenvalue weighted by molar-refractivity contribution is -0.136. The Hall–Kier alpha value is -2.45. The van der Waals surface area contributed by atoms with Crippen molar-refractivity contribution in [3.05, 3.63) is 35.9 Å². The quantitative estimate of drug-likeness (QED) is 0.386. The van der Waals surface area contributed by atoms with Crippen molar-refractivity contribution in [3.8, 4) is 0 Å². The number of rotatable bonds is 11. The Kier molecular flexibility index (Phi) is 9.15. The molecular weight excluding hydrogens is 444 g/mol. The molecule has 1 aromatic rings. The summed E-state index contributed by atoms with van der Waals surface area (Å²) in [5.41, 5.74) is 1.07. The molecule has 4 rings (SSSR count). The van der Waals surface area contributed by atoms with Crippen molar-refractivity contribution in [2.75, 3.05) is 46.4 Å². The highest BCUT2D eigenvalue weighted by atomic mass is 16.5. The van der Waals surface area contributed by atoms with Gasteiger partial charge in [0.15, 0.2) is 0 Å². The van der Waals surface area contributed by atoms with Gasteiger partial charge in [-0.2, -0.15) is 0 Å². The monoisotopic (exact) mass is 484 g/mol. The Balaban J connectivity index is 1.36. The number of urea groups is 1. The molecule has 3 fully saturated rings. The lowest BCUT2D eigenvalue weighted by Gasteiger charge is -2.45. The van der Waals surface area contributed by atoms with Gasteiger partial charge in [-0.25, -0.2) is 4.79 Å². The summed E-state index contributed by atoms with van der Waals surface area (Å²) >= 11 is 0. The fourth-order valence-corrected chi connectivity index (χ4v) is 5.91. The molecule has 0 aromatic heterocycles. The highest BCUT2D eigenvalue weighted by Crippen LogP contribution is 2.31. The van der Waals surface area contributed by atoms with Gasteiger partial charge in [0.1, 0.15) is 6.04 Å². The molecule has 8 nitrogen and oxygen atoms in total. The van der Waals surface area contributed by atoms with Crippen molar-refractivity contribution in [1.29, 1.82) is 0 Å². The molecular formula is C27H40N4O4. The summed E-state index contributed by atoms with van der Waals surface area (Å²) < 4.78 is 5.23. The third-order valence-electron chi connectivity index (χ3n) is 7.77. The van der Waals surface area contributed by atoms with E-state index in [1.165, 1.54) is 43.7 Å². The zero-order valence-electron chi connectivity index (χ0n) is 21.0. The molecule has 0 radical (unpaired) electrons. The first-order chi connectivity index (χ1) is 17.1. The smallest absolute Gasteiger partial charge is 0.324 e. The Morgan fingerprint density at radius 3 is 2.71 bits per heavy atom. The minimum Gasteiger partial charge on any atom is -0.385 e. The third-order valence-corrected chi connectivity index (χ3v) is 7.77. The summed E-state index contributed by atoms with van der Waals surface area (Å²) in [5.74, 6) is 0.108. The molecule has 35 heavy (non-hydrogen) atoms. The number of nitrogens with zero attached hydrogens (tertiary/aromatic N) is 3. The van der Waals surface area contributed by atoms with Crippen LogP contribution in [0.1, 0.15) is 50.5 Å². The number of amides is 4. The third kappa shape index (κ3) is 6.61. The van der Waals surface area contributed by atoms with E-state index in [0.717, 1.165) is 24.9 Å². The summed E-state index contributed by atoms with van der Waals surface area (Å²) in [6.45, 7) is 4.58. The molecule has 0 bridgehead atoms. The van der Waals surface area contributed by atoms with Crippen molar-refractivity contribution in [2.24, 2.45) is 5.92 Å². The van der Waals surface area contributed by atoms with Gasteiger partial charge in [-0.3, -0.25) is 14.5 Å². The van der Waals surface area contributed by atoms with Gasteiger partial charge in [-0.05, 0) is 63.1 Å². The minimum atomic E-state index is -0.784. The Morgan fingerprint density at radius 1 is 1.11 bits per heavy atom. The molecule has 0 aliphatic carbocycles. The first-order valence-corrected chi connectivity index (χ1v) is 13.2. The van der Waals surface area contributed by atoms with Gasteiger partial charge in [0.25, 0.3) is 5.91 Å². The van der Waals surface area contributed by atoms with Crippen LogP contribution < -0.4 is 5.32 Å². The predicted octanol–water partition coefficient (Wildman–Crippen LogP) is 2.67. The van der Waals surface area contributed by atoms with E-state index in [1.807, 2.05) is 35.2 Å². The average molecular weight is 485 g/mol. The summed E-state index contributed by atoms with van der Waals surface area (Å²) in [6, 6.07) is 9.16. The van der Waals surface area contributed by atoms with Crippen LogP contribution in [0.4, 0.5) is 4.79 Å². The number of ether oxygens (including phenoxy) is 1. The highest BCUT2D eigenvalue weighted by Gasteiger charge is 2.40. The first kappa shape index (κ1) is 25.6. The normalized spacial score (nSPS) is 24.8. The van der Waals surface area contributed by atoms with Crippen molar-refractivity contribution in [2.45, 2.75) is 63.5 Å². The van der Waals surface area contributed by atoms with E-state index in [9.17, 15) is 14.4 Å². The van der Waals surface area contributed by atoms with Gasteiger partial charge in [0.2, 0.25) is 5.91 Å². The molecule has 0 saturated carbocycles. The van der Waals surface area contributed by atoms with E-state index in [1.54, 1.807) is 7.11 Å². The fourth-order valence-electron chi connectivity index (χ4n) is 5.91. The second-order valence-electron chi connectivity index (χ2n) is 10.1.